The van der Waals surface area contributed by atoms with Crippen molar-refractivity contribution in [2.45, 2.75) is 71.3 Å². The van der Waals surface area contributed by atoms with E-state index in [1.54, 1.807) is 18.2 Å². The largest absolute Gasteiger partial charge is 0.490 e. The van der Waals surface area contributed by atoms with Crippen LogP contribution < -0.4 is 9.47 Å². The molecule has 1 atom stereocenters. The van der Waals surface area contributed by atoms with E-state index < -0.39 is 47.3 Å². The standard InChI is InChI=1S/C34H34F6O2/c1-3-5-7-8-23-13-15-25(31(37)29(23)35)21-9-11-22(12-10-21)26-16-14-24(30(36)32(26)38)20-42-28-18-17-27(33(39)34(28)40)41-19-6-4-2/h3,5,11,13-18,21H,4,6-10,12,19-20H2,1-2H3. The maximum absolute atomic E-state index is 15.1. The van der Waals surface area contributed by atoms with Crippen molar-refractivity contribution in [1.82, 2.24) is 0 Å². The lowest BCUT2D eigenvalue weighted by molar-refractivity contribution is 0.263. The summed E-state index contributed by atoms with van der Waals surface area (Å²) in [6.07, 6.45) is 9.14. The van der Waals surface area contributed by atoms with Gasteiger partial charge in [0.25, 0.3) is 0 Å². The molecule has 0 bridgehead atoms. The zero-order chi connectivity index (χ0) is 30.2. The first kappa shape index (κ1) is 31.3. The molecule has 4 rings (SSSR count). The monoisotopic (exact) mass is 588 g/mol. The maximum atomic E-state index is 15.1. The van der Waals surface area contributed by atoms with Crippen LogP contribution in [0.1, 0.15) is 80.5 Å². The first-order valence-electron chi connectivity index (χ1n) is 14.2. The Morgan fingerprint density at radius 3 is 2.14 bits per heavy atom. The van der Waals surface area contributed by atoms with E-state index in [-0.39, 0.29) is 35.0 Å². The summed E-state index contributed by atoms with van der Waals surface area (Å²) in [7, 11) is 0. The summed E-state index contributed by atoms with van der Waals surface area (Å²) in [5.41, 5.74) is 1.06. The van der Waals surface area contributed by atoms with E-state index in [1.807, 2.05) is 26.0 Å². The molecule has 0 saturated carbocycles. The van der Waals surface area contributed by atoms with Crippen LogP contribution in [-0.2, 0) is 13.0 Å². The smallest absolute Gasteiger partial charge is 0.204 e. The number of aryl methyl sites for hydroxylation is 1. The Bertz CT molecular complexity index is 1460. The van der Waals surface area contributed by atoms with Gasteiger partial charge in [-0.2, -0.15) is 8.78 Å². The quantitative estimate of drug-likeness (QED) is 0.119. The van der Waals surface area contributed by atoms with Gasteiger partial charge in [0.2, 0.25) is 11.6 Å². The van der Waals surface area contributed by atoms with Crippen molar-refractivity contribution in [3.8, 4) is 11.5 Å². The number of hydrogen-bond acceptors (Lipinski definition) is 2. The van der Waals surface area contributed by atoms with Crippen LogP contribution in [0.25, 0.3) is 5.57 Å². The number of benzene rings is 3. The van der Waals surface area contributed by atoms with E-state index >= 15 is 4.39 Å². The predicted molar refractivity (Wildman–Crippen MR) is 152 cm³/mol. The summed E-state index contributed by atoms with van der Waals surface area (Å²) in [6.45, 7) is 3.52. The average Bonchev–Trinajstić information content (AvgIpc) is 2.99. The molecule has 0 aromatic heterocycles. The highest BCUT2D eigenvalue weighted by Gasteiger charge is 2.25. The van der Waals surface area contributed by atoms with Crippen molar-refractivity contribution in [1.29, 1.82) is 0 Å². The lowest BCUT2D eigenvalue weighted by Crippen LogP contribution is -2.10. The fraction of sp³-hybridized carbons (Fsp3) is 0.353. The van der Waals surface area contributed by atoms with Gasteiger partial charge in [0.1, 0.15) is 6.61 Å². The molecule has 3 aromatic carbocycles. The van der Waals surface area contributed by atoms with Crippen LogP contribution in [-0.4, -0.2) is 6.61 Å². The van der Waals surface area contributed by atoms with E-state index in [1.165, 1.54) is 24.3 Å². The summed E-state index contributed by atoms with van der Waals surface area (Å²) < 4.78 is 98.8. The Labute approximate surface area is 242 Å². The van der Waals surface area contributed by atoms with Gasteiger partial charge in [0.05, 0.1) is 6.61 Å². The first-order chi connectivity index (χ1) is 20.3. The van der Waals surface area contributed by atoms with E-state index in [0.717, 1.165) is 6.42 Å². The second-order valence-corrected chi connectivity index (χ2v) is 10.3. The van der Waals surface area contributed by atoms with E-state index in [0.29, 0.717) is 49.7 Å². The molecule has 0 spiro atoms. The van der Waals surface area contributed by atoms with Crippen LogP contribution in [0.3, 0.4) is 0 Å². The highest BCUT2D eigenvalue weighted by atomic mass is 19.2. The van der Waals surface area contributed by atoms with Gasteiger partial charge in [-0.05, 0) is 80.2 Å². The van der Waals surface area contributed by atoms with Gasteiger partial charge in [-0.25, -0.2) is 17.6 Å². The Balaban J connectivity index is 1.43. The zero-order valence-corrected chi connectivity index (χ0v) is 23.7. The number of halogens is 6. The third-order valence-electron chi connectivity index (χ3n) is 7.52. The molecule has 0 radical (unpaired) electrons. The lowest BCUT2D eigenvalue weighted by atomic mass is 9.82. The zero-order valence-electron chi connectivity index (χ0n) is 23.7. The summed E-state index contributed by atoms with van der Waals surface area (Å²) in [5, 5.41) is 0. The molecule has 0 N–H and O–H groups in total. The minimum atomic E-state index is -1.27. The molecule has 1 aliphatic rings. The van der Waals surface area contributed by atoms with Gasteiger partial charge in [0, 0.05) is 11.1 Å². The second kappa shape index (κ2) is 14.5. The Morgan fingerprint density at radius 2 is 1.48 bits per heavy atom. The molecular weight excluding hydrogens is 554 g/mol. The van der Waals surface area contributed by atoms with E-state index in [9.17, 15) is 22.0 Å². The molecule has 0 aliphatic heterocycles. The molecule has 3 aromatic rings. The van der Waals surface area contributed by atoms with E-state index in [2.05, 4.69) is 0 Å². The van der Waals surface area contributed by atoms with Gasteiger partial charge in [0.15, 0.2) is 34.8 Å². The number of rotatable bonds is 12. The van der Waals surface area contributed by atoms with Crippen LogP contribution in [0.4, 0.5) is 26.3 Å². The van der Waals surface area contributed by atoms with Gasteiger partial charge < -0.3 is 9.47 Å². The molecule has 1 unspecified atom stereocenters. The van der Waals surface area contributed by atoms with Crippen LogP contribution >= 0.6 is 0 Å². The number of hydrogen-bond donors (Lipinski definition) is 0. The molecule has 0 saturated heterocycles. The maximum Gasteiger partial charge on any atom is 0.204 e. The van der Waals surface area contributed by atoms with Gasteiger partial charge >= 0.3 is 0 Å². The number of unbranched alkanes of at least 4 members (excludes halogenated alkanes) is 1. The minimum absolute atomic E-state index is 0.0616. The summed E-state index contributed by atoms with van der Waals surface area (Å²) in [5.74, 6) is -7.40. The summed E-state index contributed by atoms with van der Waals surface area (Å²) in [6, 6.07) is 8.37. The SMILES string of the molecule is CC=CCCc1ccc(C2CC=C(c3ccc(COc4ccc(OCCCC)c(F)c4F)c(F)c3F)CC2)c(F)c1F. The van der Waals surface area contributed by atoms with Crippen LogP contribution in [0.2, 0.25) is 0 Å². The average molecular weight is 589 g/mol. The topological polar surface area (TPSA) is 18.5 Å². The molecule has 1 aliphatic carbocycles. The predicted octanol–water partition coefficient (Wildman–Crippen LogP) is 10.1. The number of allylic oxidation sites excluding steroid dienone is 4. The Hall–Kier alpha value is -3.68. The summed E-state index contributed by atoms with van der Waals surface area (Å²) >= 11 is 0. The fourth-order valence-electron chi connectivity index (χ4n) is 5.05. The molecular formula is C34H34F6O2. The third-order valence-corrected chi connectivity index (χ3v) is 7.52. The summed E-state index contributed by atoms with van der Waals surface area (Å²) in [4.78, 5) is 0. The lowest BCUT2D eigenvalue weighted by Gasteiger charge is -2.24. The molecule has 0 fully saturated rings. The van der Waals surface area contributed by atoms with Crippen molar-refractivity contribution in [2.24, 2.45) is 0 Å². The first-order valence-corrected chi connectivity index (χ1v) is 14.2. The molecule has 0 heterocycles. The van der Waals surface area contributed by atoms with Crippen LogP contribution in [0.15, 0.2) is 54.6 Å². The number of ether oxygens (including phenoxy) is 2. The fourth-order valence-corrected chi connectivity index (χ4v) is 5.05. The second-order valence-electron chi connectivity index (χ2n) is 10.3. The van der Waals surface area contributed by atoms with Gasteiger partial charge in [-0.15, -0.1) is 0 Å². The van der Waals surface area contributed by atoms with E-state index in [4.69, 9.17) is 9.47 Å². The van der Waals surface area contributed by atoms with Crippen molar-refractivity contribution in [3.05, 3.63) is 112 Å². The molecule has 224 valence electrons. The third kappa shape index (κ3) is 7.02. The highest BCUT2D eigenvalue weighted by Crippen LogP contribution is 2.39. The van der Waals surface area contributed by atoms with Gasteiger partial charge in [-0.3, -0.25) is 0 Å². The Kier molecular flexibility index (Phi) is 10.8. The highest BCUT2D eigenvalue weighted by molar-refractivity contribution is 5.67. The molecule has 0 amide bonds. The minimum Gasteiger partial charge on any atom is -0.490 e. The molecule has 8 heteroatoms. The van der Waals surface area contributed by atoms with Crippen molar-refractivity contribution >= 4 is 5.57 Å². The van der Waals surface area contributed by atoms with Crippen molar-refractivity contribution < 1.29 is 35.8 Å². The Morgan fingerprint density at radius 1 is 0.786 bits per heavy atom. The van der Waals surface area contributed by atoms with Crippen molar-refractivity contribution in [2.75, 3.05) is 6.61 Å². The van der Waals surface area contributed by atoms with Gasteiger partial charge in [-0.1, -0.05) is 55.8 Å². The normalized spacial score (nSPS) is 15.2. The van der Waals surface area contributed by atoms with Crippen LogP contribution in [0.5, 0.6) is 11.5 Å². The molecule has 2 nitrogen and oxygen atoms in total. The van der Waals surface area contributed by atoms with Crippen molar-refractivity contribution in [3.63, 3.8) is 0 Å². The van der Waals surface area contributed by atoms with Crippen LogP contribution in [0, 0.1) is 34.9 Å². The molecule has 42 heavy (non-hydrogen) atoms.